The first-order valence-electron chi connectivity index (χ1n) is 10.0. The Hall–Kier alpha value is -2.44. The molecular formula is C22H28N4O2. The van der Waals surface area contributed by atoms with Crippen molar-refractivity contribution in [3.05, 3.63) is 69.6 Å². The van der Waals surface area contributed by atoms with Crippen LogP contribution in [0.4, 0.5) is 0 Å². The standard InChI is InChI=1S/C22H28N4O2/c1-15-7-9-16(10-8-15)19-13-23-24-20(19)17-5-3-12-26(14-17)22(28)18-6-4-11-25(2)21(18)27/h4,6-11,17,19-20,23-24H,3,5,12-14H2,1-2H3. The van der Waals surface area contributed by atoms with Gasteiger partial charge in [0, 0.05) is 44.8 Å². The van der Waals surface area contributed by atoms with Crippen molar-refractivity contribution in [3.8, 4) is 0 Å². The number of benzene rings is 1. The van der Waals surface area contributed by atoms with Gasteiger partial charge in [-0.05, 0) is 43.4 Å². The highest BCUT2D eigenvalue weighted by Gasteiger charge is 2.38. The number of rotatable bonds is 3. The Kier molecular flexibility index (Phi) is 5.33. The number of nitrogens with one attached hydrogen (secondary N) is 2. The summed E-state index contributed by atoms with van der Waals surface area (Å²) in [7, 11) is 1.68. The molecule has 3 atom stereocenters. The highest BCUT2D eigenvalue weighted by molar-refractivity contribution is 5.93. The number of aromatic nitrogens is 1. The summed E-state index contributed by atoms with van der Waals surface area (Å²) >= 11 is 0. The first-order valence-corrected chi connectivity index (χ1v) is 10.0. The fourth-order valence-corrected chi connectivity index (χ4v) is 4.52. The third-order valence-corrected chi connectivity index (χ3v) is 6.14. The van der Waals surface area contributed by atoms with Gasteiger partial charge in [-0.3, -0.25) is 20.4 Å². The van der Waals surface area contributed by atoms with E-state index in [4.69, 9.17) is 0 Å². The fraction of sp³-hybridized carbons (Fsp3) is 0.455. The smallest absolute Gasteiger partial charge is 0.263 e. The van der Waals surface area contributed by atoms with Crippen molar-refractivity contribution in [2.24, 2.45) is 13.0 Å². The Labute approximate surface area is 165 Å². The summed E-state index contributed by atoms with van der Waals surface area (Å²) in [6.07, 6.45) is 3.72. The molecule has 6 heteroatoms. The Bertz CT molecular complexity index is 905. The van der Waals surface area contributed by atoms with Crippen molar-refractivity contribution >= 4 is 5.91 Å². The zero-order chi connectivity index (χ0) is 19.7. The molecule has 0 saturated carbocycles. The van der Waals surface area contributed by atoms with Crippen LogP contribution in [-0.4, -0.2) is 41.1 Å². The Morgan fingerprint density at radius 3 is 2.75 bits per heavy atom. The molecule has 1 amide bonds. The minimum atomic E-state index is -0.229. The molecular weight excluding hydrogens is 352 g/mol. The molecule has 2 fully saturated rings. The zero-order valence-electron chi connectivity index (χ0n) is 16.5. The molecule has 0 radical (unpaired) electrons. The van der Waals surface area contributed by atoms with E-state index >= 15 is 0 Å². The van der Waals surface area contributed by atoms with Crippen molar-refractivity contribution in [3.63, 3.8) is 0 Å². The van der Waals surface area contributed by atoms with Gasteiger partial charge in [0.05, 0.1) is 0 Å². The predicted octanol–water partition coefficient (Wildman–Crippen LogP) is 1.81. The van der Waals surface area contributed by atoms with Crippen molar-refractivity contribution in [1.29, 1.82) is 0 Å². The van der Waals surface area contributed by atoms with Gasteiger partial charge in [-0.15, -0.1) is 0 Å². The first kappa shape index (κ1) is 18.9. The highest BCUT2D eigenvalue weighted by Crippen LogP contribution is 2.32. The Morgan fingerprint density at radius 1 is 1.18 bits per heavy atom. The van der Waals surface area contributed by atoms with Crippen LogP contribution < -0.4 is 16.4 Å². The average Bonchev–Trinajstić information content (AvgIpc) is 3.20. The predicted molar refractivity (Wildman–Crippen MR) is 109 cm³/mol. The lowest BCUT2D eigenvalue weighted by Crippen LogP contribution is -2.49. The molecule has 3 heterocycles. The van der Waals surface area contributed by atoms with Crippen LogP contribution in [0.1, 0.15) is 40.2 Å². The molecule has 0 aliphatic carbocycles. The van der Waals surface area contributed by atoms with E-state index in [1.54, 1.807) is 25.4 Å². The van der Waals surface area contributed by atoms with E-state index in [1.165, 1.54) is 15.7 Å². The van der Waals surface area contributed by atoms with Crippen molar-refractivity contribution in [1.82, 2.24) is 20.3 Å². The number of pyridine rings is 1. The lowest BCUT2D eigenvalue weighted by atomic mass is 9.81. The van der Waals surface area contributed by atoms with Crippen LogP contribution in [0.3, 0.4) is 0 Å². The number of piperidine rings is 1. The Balaban J connectivity index is 1.51. The second-order valence-corrected chi connectivity index (χ2v) is 8.06. The minimum Gasteiger partial charge on any atom is -0.338 e. The third kappa shape index (κ3) is 3.62. The molecule has 2 aliphatic rings. The van der Waals surface area contributed by atoms with Gasteiger partial charge in [0.15, 0.2) is 0 Å². The van der Waals surface area contributed by atoms with Crippen LogP contribution in [0.2, 0.25) is 0 Å². The van der Waals surface area contributed by atoms with Crippen LogP contribution in [-0.2, 0) is 7.05 Å². The maximum Gasteiger partial charge on any atom is 0.263 e. The second kappa shape index (κ2) is 7.89. The van der Waals surface area contributed by atoms with Gasteiger partial charge in [-0.1, -0.05) is 29.8 Å². The van der Waals surface area contributed by atoms with Crippen molar-refractivity contribution in [2.75, 3.05) is 19.6 Å². The highest BCUT2D eigenvalue weighted by atomic mass is 16.2. The fourth-order valence-electron chi connectivity index (χ4n) is 4.52. The van der Waals surface area contributed by atoms with Crippen LogP contribution in [0.25, 0.3) is 0 Å². The summed E-state index contributed by atoms with van der Waals surface area (Å²) in [5.74, 6) is 0.584. The molecule has 4 rings (SSSR count). The van der Waals surface area contributed by atoms with Gasteiger partial charge in [0.2, 0.25) is 0 Å². The molecule has 3 unspecified atom stereocenters. The van der Waals surface area contributed by atoms with E-state index < -0.39 is 0 Å². The van der Waals surface area contributed by atoms with E-state index in [-0.39, 0.29) is 23.1 Å². The summed E-state index contributed by atoms with van der Waals surface area (Å²) in [6.45, 7) is 4.38. The summed E-state index contributed by atoms with van der Waals surface area (Å²) in [5, 5.41) is 0. The lowest BCUT2D eigenvalue weighted by molar-refractivity contribution is 0.0642. The number of hydrogen-bond donors (Lipinski definition) is 2. The molecule has 6 nitrogen and oxygen atoms in total. The van der Waals surface area contributed by atoms with E-state index in [2.05, 4.69) is 42.0 Å². The lowest BCUT2D eigenvalue weighted by Gasteiger charge is -2.37. The minimum absolute atomic E-state index is 0.149. The van der Waals surface area contributed by atoms with E-state index in [9.17, 15) is 9.59 Å². The summed E-state index contributed by atoms with van der Waals surface area (Å²) in [4.78, 5) is 27.2. The van der Waals surface area contributed by atoms with Gasteiger partial charge >= 0.3 is 0 Å². The summed E-state index contributed by atoms with van der Waals surface area (Å²) < 4.78 is 1.46. The maximum atomic E-state index is 13.0. The molecule has 2 N–H and O–H groups in total. The van der Waals surface area contributed by atoms with Crippen molar-refractivity contribution in [2.45, 2.75) is 31.7 Å². The van der Waals surface area contributed by atoms with Gasteiger partial charge in [-0.25, -0.2) is 0 Å². The summed E-state index contributed by atoms with van der Waals surface area (Å²) in [6, 6.07) is 12.4. The molecule has 0 bridgehead atoms. The molecule has 2 saturated heterocycles. The van der Waals surface area contributed by atoms with Crippen LogP contribution in [0, 0.1) is 12.8 Å². The van der Waals surface area contributed by atoms with E-state index in [1.807, 2.05) is 4.90 Å². The van der Waals surface area contributed by atoms with E-state index in [0.717, 1.165) is 19.4 Å². The molecule has 2 aliphatic heterocycles. The molecule has 28 heavy (non-hydrogen) atoms. The van der Waals surface area contributed by atoms with Gasteiger partial charge < -0.3 is 9.47 Å². The SMILES string of the molecule is Cc1ccc(C2CNNC2C2CCCN(C(=O)c3cccn(C)c3=O)C2)cc1. The van der Waals surface area contributed by atoms with Gasteiger partial charge in [0.25, 0.3) is 11.5 Å². The third-order valence-electron chi connectivity index (χ3n) is 6.14. The molecule has 148 valence electrons. The topological polar surface area (TPSA) is 66.4 Å². The number of carbonyl (C=O) groups is 1. The zero-order valence-corrected chi connectivity index (χ0v) is 16.5. The van der Waals surface area contributed by atoms with Crippen LogP contribution in [0.5, 0.6) is 0 Å². The summed E-state index contributed by atoms with van der Waals surface area (Å²) in [5.41, 5.74) is 9.40. The second-order valence-electron chi connectivity index (χ2n) is 8.06. The number of carbonyl (C=O) groups excluding carboxylic acids is 1. The van der Waals surface area contributed by atoms with Crippen molar-refractivity contribution < 1.29 is 4.79 Å². The number of aryl methyl sites for hydroxylation is 2. The number of likely N-dealkylation sites (tertiary alicyclic amines) is 1. The molecule has 1 aromatic carbocycles. The first-order chi connectivity index (χ1) is 13.5. The number of amides is 1. The van der Waals surface area contributed by atoms with Crippen LogP contribution in [0.15, 0.2) is 47.4 Å². The van der Waals surface area contributed by atoms with Gasteiger partial charge in [-0.2, -0.15) is 0 Å². The number of hydrazine groups is 1. The largest absolute Gasteiger partial charge is 0.338 e. The number of hydrogen-bond acceptors (Lipinski definition) is 4. The van der Waals surface area contributed by atoms with E-state index in [0.29, 0.717) is 24.9 Å². The normalized spacial score (nSPS) is 25.1. The molecule has 2 aromatic rings. The average molecular weight is 380 g/mol. The molecule has 1 aromatic heterocycles. The number of nitrogens with zero attached hydrogens (tertiary/aromatic N) is 2. The van der Waals surface area contributed by atoms with Gasteiger partial charge in [0.1, 0.15) is 5.56 Å². The maximum absolute atomic E-state index is 13.0. The van der Waals surface area contributed by atoms with Crippen LogP contribution >= 0.6 is 0 Å². The Morgan fingerprint density at radius 2 is 1.96 bits per heavy atom. The molecule has 0 spiro atoms. The monoisotopic (exact) mass is 380 g/mol. The quantitative estimate of drug-likeness (QED) is 0.852.